The van der Waals surface area contributed by atoms with Gasteiger partial charge < -0.3 is 10.6 Å². The Labute approximate surface area is 143 Å². The van der Waals surface area contributed by atoms with Crippen LogP contribution in [0.4, 0.5) is 0 Å². The first kappa shape index (κ1) is 17.0. The summed E-state index contributed by atoms with van der Waals surface area (Å²) in [5, 5.41) is 6.89. The van der Waals surface area contributed by atoms with E-state index in [4.69, 9.17) is 0 Å². The molecule has 0 bridgehead atoms. The van der Waals surface area contributed by atoms with Crippen LogP contribution in [0.3, 0.4) is 0 Å². The summed E-state index contributed by atoms with van der Waals surface area (Å²) in [6, 6.07) is 4.12. The molecule has 5 heteroatoms. The molecule has 1 fully saturated rings. The Kier molecular flexibility index (Phi) is 3.95. The molecule has 1 aliphatic heterocycles. The second-order valence-corrected chi connectivity index (χ2v) is 8.40. The van der Waals surface area contributed by atoms with Crippen LogP contribution in [0.15, 0.2) is 18.3 Å². The number of rotatable bonds is 2. The maximum Gasteiger partial charge on any atom is 0.270 e. The molecule has 3 rings (SSSR count). The molecule has 0 aromatic carbocycles. The van der Waals surface area contributed by atoms with Gasteiger partial charge in [0.05, 0.1) is 5.69 Å². The number of aromatic nitrogens is 2. The molecule has 130 valence electrons. The largest absolute Gasteiger partial charge is 0.348 e. The summed E-state index contributed by atoms with van der Waals surface area (Å²) in [4.78, 5) is 17.5. The summed E-state index contributed by atoms with van der Waals surface area (Å²) in [6.07, 6.45) is 3.74. The van der Waals surface area contributed by atoms with E-state index in [-0.39, 0.29) is 23.0 Å². The Balaban J connectivity index is 1.88. The number of pyridine rings is 1. The van der Waals surface area contributed by atoms with Gasteiger partial charge in [0.25, 0.3) is 5.91 Å². The lowest BCUT2D eigenvalue weighted by molar-refractivity contribution is 0.0867. The quantitative estimate of drug-likeness (QED) is 0.891. The van der Waals surface area contributed by atoms with Crippen molar-refractivity contribution in [2.75, 3.05) is 0 Å². The summed E-state index contributed by atoms with van der Waals surface area (Å²) < 4.78 is 1.90. The number of carbonyl (C=O) groups is 1. The normalized spacial score (nSPS) is 20.2. The molecule has 3 heterocycles. The van der Waals surface area contributed by atoms with Crippen LogP contribution < -0.4 is 10.6 Å². The van der Waals surface area contributed by atoms with Gasteiger partial charge in [0.15, 0.2) is 0 Å². The summed E-state index contributed by atoms with van der Waals surface area (Å²) in [7, 11) is 0. The summed E-state index contributed by atoms with van der Waals surface area (Å²) >= 11 is 0. The molecule has 0 atom stereocenters. The number of aryl methyl sites for hydroxylation is 2. The lowest BCUT2D eigenvalue weighted by Crippen LogP contribution is -2.62. The number of hydrogen-bond donors (Lipinski definition) is 2. The van der Waals surface area contributed by atoms with Crippen molar-refractivity contribution in [1.29, 1.82) is 0 Å². The van der Waals surface area contributed by atoms with Crippen LogP contribution in [0, 0.1) is 13.8 Å². The molecular weight excluding hydrogens is 300 g/mol. The van der Waals surface area contributed by atoms with E-state index in [1.165, 1.54) is 0 Å². The van der Waals surface area contributed by atoms with Crippen molar-refractivity contribution in [3.05, 3.63) is 35.3 Å². The van der Waals surface area contributed by atoms with Crippen LogP contribution >= 0.6 is 0 Å². The maximum atomic E-state index is 12.9. The lowest BCUT2D eigenvalue weighted by Gasteiger charge is -2.46. The number of fused-ring (bicyclic) bond motifs is 1. The SMILES string of the molecule is Cc1nc2c(C)cccn2c1C(=O)NC1CC(C)(C)NC(C)(C)C1. The standard InChI is InChI=1S/C19H28N4O/c1-12-8-7-9-23-15(13(2)20-16(12)23)17(24)21-14-10-18(3,4)22-19(5,6)11-14/h7-9,14,22H,10-11H2,1-6H3,(H,21,24). The highest BCUT2D eigenvalue weighted by Crippen LogP contribution is 2.28. The van der Waals surface area contributed by atoms with Crippen molar-refractivity contribution in [2.45, 2.75) is 71.5 Å². The van der Waals surface area contributed by atoms with E-state index in [0.717, 1.165) is 29.7 Å². The van der Waals surface area contributed by atoms with Crippen LogP contribution in [0.25, 0.3) is 5.65 Å². The molecule has 24 heavy (non-hydrogen) atoms. The third kappa shape index (κ3) is 3.18. The van der Waals surface area contributed by atoms with Crippen molar-refractivity contribution in [3.63, 3.8) is 0 Å². The summed E-state index contributed by atoms with van der Waals surface area (Å²) in [5.74, 6) is -0.0379. The molecule has 1 aliphatic rings. The number of piperidine rings is 1. The first-order chi connectivity index (χ1) is 11.1. The van der Waals surface area contributed by atoms with E-state index in [9.17, 15) is 4.79 Å². The fourth-order valence-electron chi connectivity index (χ4n) is 4.27. The lowest BCUT2D eigenvalue weighted by atomic mass is 9.79. The van der Waals surface area contributed by atoms with Crippen LogP contribution in [-0.2, 0) is 0 Å². The number of nitrogens with zero attached hydrogens (tertiary/aromatic N) is 2. The first-order valence-corrected chi connectivity index (χ1v) is 8.62. The molecule has 0 radical (unpaired) electrons. The van der Waals surface area contributed by atoms with Crippen molar-refractivity contribution < 1.29 is 4.79 Å². The fourth-order valence-corrected chi connectivity index (χ4v) is 4.27. The van der Waals surface area contributed by atoms with Crippen molar-refractivity contribution in [2.24, 2.45) is 0 Å². The monoisotopic (exact) mass is 328 g/mol. The number of amides is 1. The summed E-state index contributed by atoms with van der Waals surface area (Å²) in [6.45, 7) is 12.7. The molecule has 1 amide bonds. The predicted molar refractivity (Wildman–Crippen MR) is 96.4 cm³/mol. The number of hydrogen-bond acceptors (Lipinski definition) is 3. The first-order valence-electron chi connectivity index (χ1n) is 8.62. The minimum absolute atomic E-state index is 0.00477. The van der Waals surface area contributed by atoms with Gasteiger partial charge in [-0.15, -0.1) is 0 Å². The van der Waals surface area contributed by atoms with Crippen molar-refractivity contribution in [3.8, 4) is 0 Å². The zero-order valence-corrected chi connectivity index (χ0v) is 15.5. The van der Waals surface area contributed by atoms with Gasteiger partial charge in [0.1, 0.15) is 11.3 Å². The Morgan fingerprint density at radius 1 is 1.25 bits per heavy atom. The van der Waals surface area contributed by atoms with E-state index in [1.807, 2.05) is 36.6 Å². The van der Waals surface area contributed by atoms with Gasteiger partial charge in [-0.25, -0.2) is 4.98 Å². The molecule has 5 nitrogen and oxygen atoms in total. The molecule has 2 aromatic heterocycles. The van der Waals surface area contributed by atoms with Gasteiger partial charge >= 0.3 is 0 Å². The molecule has 0 saturated carbocycles. The van der Waals surface area contributed by atoms with Gasteiger partial charge in [-0.3, -0.25) is 9.20 Å². The molecule has 2 aromatic rings. The third-order valence-electron chi connectivity index (χ3n) is 4.76. The highest BCUT2D eigenvalue weighted by molar-refractivity contribution is 5.95. The smallest absolute Gasteiger partial charge is 0.270 e. The molecule has 0 aliphatic carbocycles. The van der Waals surface area contributed by atoms with Crippen LogP contribution in [-0.4, -0.2) is 32.4 Å². The molecule has 0 unspecified atom stereocenters. The molecule has 2 N–H and O–H groups in total. The van der Waals surface area contributed by atoms with Gasteiger partial charge in [-0.1, -0.05) is 6.07 Å². The van der Waals surface area contributed by atoms with Crippen LogP contribution in [0.1, 0.15) is 62.3 Å². The van der Waals surface area contributed by atoms with Gasteiger partial charge in [-0.05, 0) is 66.0 Å². The Bertz CT molecular complexity index is 772. The summed E-state index contributed by atoms with van der Waals surface area (Å²) in [5.41, 5.74) is 3.35. The second kappa shape index (κ2) is 5.59. The molecule has 1 saturated heterocycles. The van der Waals surface area contributed by atoms with E-state index >= 15 is 0 Å². The predicted octanol–water partition coefficient (Wildman–Crippen LogP) is 2.99. The van der Waals surface area contributed by atoms with Crippen LogP contribution in [0.5, 0.6) is 0 Å². The van der Waals surface area contributed by atoms with Gasteiger partial charge in [0, 0.05) is 23.3 Å². The average Bonchev–Trinajstić information content (AvgIpc) is 2.72. The van der Waals surface area contributed by atoms with E-state index < -0.39 is 0 Å². The Morgan fingerprint density at radius 2 is 1.88 bits per heavy atom. The van der Waals surface area contributed by atoms with E-state index in [1.54, 1.807) is 0 Å². The number of imidazole rings is 1. The molecular formula is C19H28N4O. The second-order valence-electron chi connectivity index (χ2n) is 8.40. The zero-order chi connectivity index (χ0) is 17.7. The van der Waals surface area contributed by atoms with E-state index in [2.05, 4.69) is 43.3 Å². The van der Waals surface area contributed by atoms with Crippen LogP contribution in [0.2, 0.25) is 0 Å². The maximum absolute atomic E-state index is 12.9. The van der Waals surface area contributed by atoms with Crippen molar-refractivity contribution >= 4 is 11.6 Å². The minimum atomic E-state index is -0.0379. The van der Waals surface area contributed by atoms with Gasteiger partial charge in [-0.2, -0.15) is 0 Å². The highest BCUT2D eigenvalue weighted by atomic mass is 16.2. The van der Waals surface area contributed by atoms with E-state index in [0.29, 0.717) is 5.69 Å². The highest BCUT2D eigenvalue weighted by Gasteiger charge is 2.38. The Hall–Kier alpha value is -1.88. The average molecular weight is 328 g/mol. The zero-order valence-electron chi connectivity index (χ0n) is 15.5. The number of carbonyl (C=O) groups excluding carboxylic acids is 1. The topological polar surface area (TPSA) is 58.4 Å². The molecule has 0 spiro atoms. The Morgan fingerprint density at radius 3 is 2.50 bits per heavy atom. The van der Waals surface area contributed by atoms with Crippen molar-refractivity contribution in [1.82, 2.24) is 20.0 Å². The minimum Gasteiger partial charge on any atom is -0.348 e. The third-order valence-corrected chi connectivity index (χ3v) is 4.76. The number of nitrogens with one attached hydrogen (secondary N) is 2. The fraction of sp³-hybridized carbons (Fsp3) is 0.579. The van der Waals surface area contributed by atoms with Gasteiger partial charge in [0.2, 0.25) is 0 Å².